The summed E-state index contributed by atoms with van der Waals surface area (Å²) in [5.74, 6) is 6.24. The lowest BCUT2D eigenvalue weighted by Gasteiger charge is -2.28. The number of likely N-dealkylation sites (tertiary alicyclic amines) is 1. The SMILES string of the molecule is CC/C(=N\OCC(C)CN1CCCCC1)c1ccc[n+](N)c1. The van der Waals surface area contributed by atoms with Gasteiger partial charge in [-0.15, -0.1) is 0 Å². The van der Waals surface area contributed by atoms with Crippen LogP contribution in [-0.4, -0.2) is 36.9 Å². The summed E-state index contributed by atoms with van der Waals surface area (Å²) in [4.78, 5) is 8.13. The monoisotopic (exact) mass is 305 g/mol. The topological polar surface area (TPSA) is 54.7 Å². The molecule has 0 aliphatic carbocycles. The van der Waals surface area contributed by atoms with Crippen molar-refractivity contribution in [3.8, 4) is 0 Å². The van der Waals surface area contributed by atoms with Crippen LogP contribution in [0.1, 0.15) is 45.1 Å². The lowest BCUT2D eigenvalue weighted by Crippen LogP contribution is -2.44. The highest BCUT2D eigenvalue weighted by Gasteiger charge is 2.14. The highest BCUT2D eigenvalue weighted by Crippen LogP contribution is 2.11. The number of pyridine rings is 1. The summed E-state index contributed by atoms with van der Waals surface area (Å²) in [6.45, 7) is 8.53. The van der Waals surface area contributed by atoms with Gasteiger partial charge in [-0.1, -0.05) is 30.1 Å². The first-order valence-corrected chi connectivity index (χ1v) is 8.37. The van der Waals surface area contributed by atoms with Gasteiger partial charge in [-0.2, -0.15) is 0 Å². The molecular weight excluding hydrogens is 276 g/mol. The van der Waals surface area contributed by atoms with E-state index in [-0.39, 0.29) is 0 Å². The number of nitrogens with zero attached hydrogens (tertiary/aromatic N) is 3. The first kappa shape index (κ1) is 16.7. The normalized spacial score (nSPS) is 18.2. The lowest BCUT2D eigenvalue weighted by molar-refractivity contribution is -0.639. The molecule has 0 radical (unpaired) electrons. The predicted octanol–water partition coefficient (Wildman–Crippen LogP) is 1.94. The van der Waals surface area contributed by atoms with Crippen molar-refractivity contribution in [2.45, 2.75) is 39.5 Å². The van der Waals surface area contributed by atoms with E-state index in [0.717, 1.165) is 24.2 Å². The highest BCUT2D eigenvalue weighted by atomic mass is 16.6. The Kier molecular flexibility index (Phi) is 6.65. The first-order chi connectivity index (χ1) is 10.7. The summed E-state index contributed by atoms with van der Waals surface area (Å²) in [7, 11) is 0. The average Bonchev–Trinajstić information content (AvgIpc) is 2.52. The van der Waals surface area contributed by atoms with Gasteiger partial charge in [-0.05, 0) is 38.4 Å². The maximum absolute atomic E-state index is 5.75. The summed E-state index contributed by atoms with van der Waals surface area (Å²) in [6, 6.07) is 3.92. The highest BCUT2D eigenvalue weighted by molar-refractivity contribution is 5.99. The Morgan fingerprint density at radius 2 is 2.18 bits per heavy atom. The molecule has 1 atom stereocenters. The molecule has 5 heteroatoms. The fourth-order valence-electron chi connectivity index (χ4n) is 2.86. The molecule has 5 nitrogen and oxygen atoms in total. The summed E-state index contributed by atoms with van der Waals surface area (Å²) in [6.07, 6.45) is 8.53. The third-order valence-electron chi connectivity index (χ3n) is 4.04. The van der Waals surface area contributed by atoms with Crippen molar-refractivity contribution in [1.82, 2.24) is 4.90 Å². The fourth-order valence-corrected chi connectivity index (χ4v) is 2.86. The van der Waals surface area contributed by atoms with Crippen molar-refractivity contribution in [3.05, 3.63) is 30.1 Å². The van der Waals surface area contributed by atoms with Crippen molar-refractivity contribution in [2.75, 3.05) is 32.1 Å². The number of hydrogen-bond donors (Lipinski definition) is 1. The van der Waals surface area contributed by atoms with Gasteiger partial charge in [0.2, 0.25) is 6.20 Å². The molecule has 122 valence electrons. The molecule has 0 bridgehead atoms. The van der Waals surface area contributed by atoms with Crippen LogP contribution in [0.5, 0.6) is 0 Å². The van der Waals surface area contributed by atoms with Gasteiger partial charge in [-0.3, -0.25) is 0 Å². The molecule has 0 amide bonds. The van der Waals surface area contributed by atoms with Gasteiger partial charge in [0, 0.05) is 18.5 Å². The van der Waals surface area contributed by atoms with Crippen molar-refractivity contribution in [3.63, 3.8) is 0 Å². The molecule has 1 aromatic rings. The Balaban J connectivity index is 1.81. The van der Waals surface area contributed by atoms with E-state index in [4.69, 9.17) is 10.7 Å². The molecule has 0 aromatic carbocycles. The maximum atomic E-state index is 5.75. The molecule has 0 spiro atoms. The Morgan fingerprint density at radius 1 is 1.41 bits per heavy atom. The molecule has 2 heterocycles. The molecule has 22 heavy (non-hydrogen) atoms. The standard InChI is InChI=1S/C17H29N4O/c1-3-17(16-8-7-11-21(18)13-16)19-22-14-15(2)12-20-9-5-4-6-10-20/h7-8,11,13,15H,3-6,9-10,12,14,18H2,1-2H3/q+1/b19-17+. The summed E-state index contributed by atoms with van der Waals surface area (Å²) < 4.78 is 1.54. The van der Waals surface area contributed by atoms with Gasteiger partial charge >= 0.3 is 0 Å². The zero-order valence-electron chi connectivity index (χ0n) is 13.9. The van der Waals surface area contributed by atoms with E-state index < -0.39 is 0 Å². The minimum absolute atomic E-state index is 0.496. The predicted molar refractivity (Wildman–Crippen MR) is 89.0 cm³/mol. The largest absolute Gasteiger partial charge is 0.395 e. The van der Waals surface area contributed by atoms with E-state index in [9.17, 15) is 0 Å². The third-order valence-corrected chi connectivity index (χ3v) is 4.04. The van der Waals surface area contributed by atoms with Gasteiger partial charge in [0.05, 0.1) is 11.3 Å². The summed E-state index contributed by atoms with van der Waals surface area (Å²) in [5.41, 5.74) is 1.95. The second-order valence-electron chi connectivity index (χ2n) is 6.19. The summed E-state index contributed by atoms with van der Waals surface area (Å²) in [5, 5.41) is 4.32. The molecule has 1 aliphatic rings. The van der Waals surface area contributed by atoms with Crippen LogP contribution in [0.2, 0.25) is 0 Å². The van der Waals surface area contributed by atoms with Gasteiger partial charge in [0.1, 0.15) is 6.61 Å². The van der Waals surface area contributed by atoms with E-state index in [0.29, 0.717) is 12.5 Å². The van der Waals surface area contributed by atoms with E-state index in [1.165, 1.54) is 32.4 Å². The molecule has 1 aromatic heterocycles. The van der Waals surface area contributed by atoms with Crippen LogP contribution in [-0.2, 0) is 4.84 Å². The number of oxime groups is 1. The van der Waals surface area contributed by atoms with Crippen molar-refractivity contribution < 1.29 is 9.51 Å². The molecule has 2 N–H and O–H groups in total. The Morgan fingerprint density at radius 3 is 2.86 bits per heavy atom. The molecule has 2 rings (SSSR count). The smallest absolute Gasteiger partial charge is 0.208 e. The third kappa shape index (κ3) is 5.30. The van der Waals surface area contributed by atoms with Crippen LogP contribution in [0, 0.1) is 5.92 Å². The maximum Gasteiger partial charge on any atom is 0.208 e. The van der Waals surface area contributed by atoms with Crippen molar-refractivity contribution in [2.24, 2.45) is 11.1 Å². The van der Waals surface area contributed by atoms with Gasteiger partial charge < -0.3 is 9.74 Å². The lowest BCUT2D eigenvalue weighted by atomic mass is 10.1. The first-order valence-electron chi connectivity index (χ1n) is 8.37. The van der Waals surface area contributed by atoms with Gasteiger partial charge in [-0.25, -0.2) is 5.84 Å². The number of rotatable bonds is 7. The fraction of sp³-hybridized carbons (Fsp3) is 0.647. The molecule has 1 saturated heterocycles. The van der Waals surface area contributed by atoms with E-state index in [1.807, 2.05) is 18.3 Å². The number of hydrogen-bond acceptors (Lipinski definition) is 4. The second kappa shape index (κ2) is 8.73. The number of nitrogen functional groups attached to an aromatic ring is 1. The van der Waals surface area contributed by atoms with E-state index in [1.54, 1.807) is 10.9 Å². The second-order valence-corrected chi connectivity index (χ2v) is 6.19. The quantitative estimate of drug-likeness (QED) is 0.362. The van der Waals surface area contributed by atoms with Crippen LogP contribution < -0.4 is 10.5 Å². The molecular formula is C17H29N4O+. The number of nitrogens with two attached hydrogens (primary N) is 1. The van der Waals surface area contributed by atoms with E-state index >= 15 is 0 Å². The Bertz CT molecular complexity index is 483. The molecule has 0 saturated carbocycles. The van der Waals surface area contributed by atoms with Crippen LogP contribution in [0.15, 0.2) is 29.7 Å². The zero-order valence-corrected chi connectivity index (χ0v) is 13.9. The van der Waals surface area contributed by atoms with Gasteiger partial charge in [0.15, 0.2) is 6.20 Å². The van der Waals surface area contributed by atoms with Gasteiger partial charge in [0.25, 0.3) is 0 Å². The van der Waals surface area contributed by atoms with E-state index in [2.05, 4.69) is 23.9 Å². The molecule has 1 fully saturated rings. The molecule has 1 aliphatic heterocycles. The zero-order chi connectivity index (χ0) is 15.8. The average molecular weight is 305 g/mol. The summed E-state index contributed by atoms with van der Waals surface area (Å²) >= 11 is 0. The van der Waals surface area contributed by atoms with Crippen LogP contribution in [0.4, 0.5) is 0 Å². The number of aromatic nitrogens is 1. The number of piperidine rings is 1. The van der Waals surface area contributed by atoms with Crippen molar-refractivity contribution >= 4 is 5.71 Å². The molecule has 1 unspecified atom stereocenters. The van der Waals surface area contributed by atoms with Crippen LogP contribution >= 0.6 is 0 Å². The Hall–Kier alpha value is -1.62. The van der Waals surface area contributed by atoms with Crippen LogP contribution in [0.25, 0.3) is 0 Å². The minimum Gasteiger partial charge on any atom is -0.395 e. The van der Waals surface area contributed by atoms with Crippen molar-refractivity contribution in [1.29, 1.82) is 0 Å². The Labute approximate surface area is 133 Å². The van der Waals surface area contributed by atoms with Crippen LogP contribution in [0.3, 0.4) is 0 Å². The minimum atomic E-state index is 0.496.